The van der Waals surface area contributed by atoms with E-state index in [1.807, 2.05) is 19.9 Å². The van der Waals surface area contributed by atoms with Crippen molar-refractivity contribution in [3.63, 3.8) is 0 Å². The lowest BCUT2D eigenvalue weighted by atomic mass is 9.64. The first-order chi connectivity index (χ1) is 9.13. The van der Waals surface area contributed by atoms with Gasteiger partial charge in [0.15, 0.2) is 5.78 Å². The zero-order valence-corrected chi connectivity index (χ0v) is 12.2. The van der Waals surface area contributed by atoms with Gasteiger partial charge in [-0.25, -0.2) is 0 Å². The number of nitrogens with zero attached hydrogens (tertiary/aromatic N) is 1. The Morgan fingerprint density at radius 3 is 2.45 bits per heavy atom. The number of carbonyl (C=O) groups excluding carboxylic acids is 2. The van der Waals surface area contributed by atoms with Crippen LogP contribution in [0.5, 0.6) is 0 Å². The molecule has 0 radical (unpaired) electrons. The minimum atomic E-state index is -1.29. The minimum Gasteiger partial charge on any atom is -0.444 e. The maximum Gasteiger partial charge on any atom is 0.205 e. The lowest BCUT2D eigenvalue weighted by molar-refractivity contribution is -0.127. The van der Waals surface area contributed by atoms with Crippen LogP contribution in [0.15, 0.2) is 22.8 Å². The predicted octanol–water partition coefficient (Wildman–Crippen LogP) is 1.95. The Labute approximate surface area is 118 Å². The average molecular weight is 274 g/mol. The van der Waals surface area contributed by atoms with E-state index in [9.17, 15) is 14.9 Å². The Morgan fingerprint density at radius 2 is 1.95 bits per heavy atom. The third-order valence-corrected chi connectivity index (χ3v) is 4.13. The molecule has 1 aliphatic heterocycles. The van der Waals surface area contributed by atoms with Crippen LogP contribution in [0.25, 0.3) is 0 Å². The van der Waals surface area contributed by atoms with Crippen LogP contribution in [0.3, 0.4) is 0 Å². The first-order valence-electron chi connectivity index (χ1n) is 6.49. The van der Waals surface area contributed by atoms with Crippen molar-refractivity contribution in [2.45, 2.75) is 40.5 Å². The quantitative estimate of drug-likeness (QED) is 0.788. The number of ether oxygens (including phenoxy) is 1. The third-order valence-electron chi connectivity index (χ3n) is 4.13. The van der Waals surface area contributed by atoms with E-state index in [1.165, 1.54) is 6.92 Å². The van der Waals surface area contributed by atoms with Crippen molar-refractivity contribution in [3.05, 3.63) is 22.8 Å². The van der Waals surface area contributed by atoms with Crippen LogP contribution in [0, 0.1) is 22.2 Å². The molecular formula is C15H18N2O3. The number of carbonyl (C=O) groups is 2. The van der Waals surface area contributed by atoms with E-state index in [0.717, 1.165) is 0 Å². The number of nitrogens with two attached hydrogens (primary N) is 1. The lowest BCUT2D eigenvalue weighted by Gasteiger charge is -2.40. The molecule has 5 nitrogen and oxygen atoms in total. The van der Waals surface area contributed by atoms with Crippen LogP contribution in [0.4, 0.5) is 0 Å². The van der Waals surface area contributed by atoms with Crippen LogP contribution in [0.1, 0.15) is 40.5 Å². The molecule has 0 bridgehead atoms. The number of hydrogen-bond donors (Lipinski definition) is 1. The lowest BCUT2D eigenvalue weighted by Crippen LogP contribution is -2.43. The molecule has 2 aliphatic rings. The largest absolute Gasteiger partial charge is 0.444 e. The molecule has 1 atom stereocenters. The van der Waals surface area contributed by atoms with Gasteiger partial charge in [0, 0.05) is 12.8 Å². The van der Waals surface area contributed by atoms with Gasteiger partial charge in [-0.2, -0.15) is 5.26 Å². The van der Waals surface area contributed by atoms with Crippen molar-refractivity contribution < 1.29 is 14.3 Å². The summed E-state index contributed by atoms with van der Waals surface area (Å²) in [5.74, 6) is -0.0649. The Kier molecular flexibility index (Phi) is 3.01. The normalized spacial score (nSPS) is 28.6. The third kappa shape index (κ3) is 1.83. The highest BCUT2D eigenvalue weighted by Gasteiger charge is 2.51. The zero-order chi connectivity index (χ0) is 15.3. The maximum atomic E-state index is 12.5. The van der Waals surface area contributed by atoms with Gasteiger partial charge in [0.05, 0.1) is 11.0 Å². The molecule has 0 saturated heterocycles. The second kappa shape index (κ2) is 4.20. The van der Waals surface area contributed by atoms with Gasteiger partial charge in [-0.15, -0.1) is 0 Å². The van der Waals surface area contributed by atoms with Gasteiger partial charge in [-0.1, -0.05) is 13.8 Å². The highest BCUT2D eigenvalue weighted by atomic mass is 16.5. The highest BCUT2D eigenvalue weighted by Crippen LogP contribution is 2.50. The van der Waals surface area contributed by atoms with E-state index in [1.54, 1.807) is 6.92 Å². The number of Topliss-reactive ketones (excluding diaryl/α,β-unsaturated/α-hetero) is 2. The summed E-state index contributed by atoms with van der Waals surface area (Å²) < 4.78 is 5.49. The topological polar surface area (TPSA) is 93.2 Å². The van der Waals surface area contributed by atoms with Crippen molar-refractivity contribution in [3.8, 4) is 6.07 Å². The molecule has 5 heteroatoms. The fourth-order valence-electron chi connectivity index (χ4n) is 2.98. The number of nitriles is 1. The van der Waals surface area contributed by atoms with E-state index in [2.05, 4.69) is 0 Å². The number of allylic oxidation sites excluding steroid dienone is 3. The second-order valence-electron chi connectivity index (χ2n) is 6.37. The Balaban J connectivity index is 2.70. The van der Waals surface area contributed by atoms with Gasteiger partial charge >= 0.3 is 0 Å². The minimum absolute atomic E-state index is 0.0248. The van der Waals surface area contributed by atoms with Crippen molar-refractivity contribution >= 4 is 11.6 Å². The molecule has 0 aromatic heterocycles. The van der Waals surface area contributed by atoms with E-state index < -0.39 is 5.41 Å². The van der Waals surface area contributed by atoms with Crippen LogP contribution in [-0.4, -0.2) is 11.6 Å². The highest BCUT2D eigenvalue weighted by molar-refractivity contribution is 6.07. The van der Waals surface area contributed by atoms with Crippen LogP contribution in [-0.2, 0) is 14.3 Å². The fraction of sp³-hybridized carbons (Fsp3) is 0.533. The van der Waals surface area contributed by atoms with Crippen molar-refractivity contribution in [2.75, 3.05) is 0 Å². The summed E-state index contributed by atoms with van der Waals surface area (Å²) in [5, 5.41) is 9.27. The summed E-state index contributed by atoms with van der Waals surface area (Å²) in [5.41, 5.74) is 4.58. The molecule has 0 saturated carbocycles. The molecule has 106 valence electrons. The summed E-state index contributed by atoms with van der Waals surface area (Å²) in [6.07, 6.45) is 0.854. The first-order valence-corrected chi connectivity index (χ1v) is 6.49. The summed E-state index contributed by atoms with van der Waals surface area (Å²) >= 11 is 0. The molecule has 1 heterocycles. The van der Waals surface area contributed by atoms with E-state index in [-0.39, 0.29) is 28.4 Å². The molecular weight excluding hydrogens is 256 g/mol. The van der Waals surface area contributed by atoms with Gasteiger partial charge in [0.2, 0.25) is 5.88 Å². The molecule has 0 fully saturated rings. The molecule has 0 aromatic rings. The summed E-state index contributed by atoms with van der Waals surface area (Å²) in [4.78, 5) is 24.6. The molecule has 2 rings (SSSR count). The number of ketones is 2. The van der Waals surface area contributed by atoms with E-state index in [4.69, 9.17) is 10.5 Å². The fourth-order valence-corrected chi connectivity index (χ4v) is 2.98. The van der Waals surface area contributed by atoms with Crippen molar-refractivity contribution in [1.82, 2.24) is 0 Å². The molecule has 0 unspecified atom stereocenters. The van der Waals surface area contributed by atoms with E-state index >= 15 is 0 Å². The van der Waals surface area contributed by atoms with Gasteiger partial charge < -0.3 is 10.5 Å². The predicted molar refractivity (Wildman–Crippen MR) is 71.7 cm³/mol. The number of hydrogen-bond acceptors (Lipinski definition) is 5. The van der Waals surface area contributed by atoms with Crippen LogP contribution < -0.4 is 5.73 Å². The molecule has 0 spiro atoms. The molecule has 2 N–H and O–H groups in total. The summed E-state index contributed by atoms with van der Waals surface area (Å²) in [7, 11) is 0. The van der Waals surface area contributed by atoms with Crippen molar-refractivity contribution in [1.29, 1.82) is 5.26 Å². The van der Waals surface area contributed by atoms with Crippen molar-refractivity contribution in [2.24, 2.45) is 16.6 Å². The zero-order valence-electron chi connectivity index (χ0n) is 12.2. The van der Waals surface area contributed by atoms with Gasteiger partial charge in [-0.3, -0.25) is 9.59 Å². The van der Waals surface area contributed by atoms with Crippen LogP contribution in [0.2, 0.25) is 0 Å². The molecule has 0 aromatic carbocycles. The summed E-state index contributed by atoms with van der Waals surface area (Å²) in [6.45, 7) is 6.87. The first kappa shape index (κ1) is 14.3. The average Bonchev–Trinajstić information content (AvgIpc) is 2.25. The smallest absolute Gasteiger partial charge is 0.205 e. The van der Waals surface area contributed by atoms with Gasteiger partial charge in [0.1, 0.15) is 23.2 Å². The Morgan fingerprint density at radius 1 is 1.35 bits per heavy atom. The molecule has 1 aliphatic carbocycles. The number of rotatable bonds is 1. The standard InChI is InChI=1S/C15H18N2O3/c1-8(18)15(4)9(7-16)13(17)20-11-6-14(2,3)5-10(19)12(11)15/h5-6,17H2,1-4H3/t15-/m1/s1. The SMILES string of the molecule is CC(=O)[C@]1(C)C(C#N)=C(N)OC2=C1C(=O)CC(C)(C)C2. The Bertz CT molecular complexity index is 620. The van der Waals surface area contributed by atoms with E-state index in [0.29, 0.717) is 24.2 Å². The second-order valence-corrected chi connectivity index (χ2v) is 6.37. The van der Waals surface area contributed by atoms with Gasteiger partial charge in [0.25, 0.3) is 0 Å². The Hall–Kier alpha value is -2.09. The van der Waals surface area contributed by atoms with Crippen LogP contribution >= 0.6 is 0 Å². The molecule has 20 heavy (non-hydrogen) atoms. The maximum absolute atomic E-state index is 12.5. The molecule has 0 amide bonds. The van der Waals surface area contributed by atoms with Gasteiger partial charge in [-0.05, 0) is 19.3 Å². The monoisotopic (exact) mass is 274 g/mol. The summed E-state index contributed by atoms with van der Waals surface area (Å²) in [6, 6.07) is 1.92.